The Hall–Kier alpha value is -0.0800. The van der Waals surface area contributed by atoms with Crippen molar-refractivity contribution in [2.75, 3.05) is 26.2 Å². The lowest BCUT2D eigenvalue weighted by atomic mass is 9.86. The SMILES string of the molecule is C1CNC(C2CCCN(CC3CC4CCC3C4)C2)C1. The van der Waals surface area contributed by atoms with E-state index in [1.54, 1.807) is 25.7 Å². The monoisotopic (exact) mass is 262 g/mol. The van der Waals surface area contributed by atoms with Gasteiger partial charge in [0.1, 0.15) is 0 Å². The largest absolute Gasteiger partial charge is 0.314 e. The Kier molecular flexibility index (Phi) is 3.57. The highest BCUT2D eigenvalue weighted by atomic mass is 15.1. The molecular weight excluding hydrogens is 232 g/mol. The Morgan fingerprint density at radius 1 is 0.947 bits per heavy atom. The Labute approximate surface area is 118 Å². The molecule has 4 aliphatic rings. The van der Waals surface area contributed by atoms with Crippen LogP contribution in [-0.2, 0) is 0 Å². The number of nitrogens with zero attached hydrogens (tertiary/aromatic N) is 1. The normalized spacial score (nSPS) is 47.1. The summed E-state index contributed by atoms with van der Waals surface area (Å²) in [6, 6.07) is 0.850. The van der Waals surface area contributed by atoms with Gasteiger partial charge in [0.05, 0.1) is 0 Å². The van der Waals surface area contributed by atoms with Crippen molar-refractivity contribution in [1.29, 1.82) is 0 Å². The Morgan fingerprint density at radius 2 is 1.95 bits per heavy atom. The summed E-state index contributed by atoms with van der Waals surface area (Å²) in [5.74, 6) is 4.24. The van der Waals surface area contributed by atoms with Gasteiger partial charge in [0.15, 0.2) is 0 Å². The Balaban J connectivity index is 1.31. The zero-order valence-electron chi connectivity index (χ0n) is 12.3. The van der Waals surface area contributed by atoms with Crippen molar-refractivity contribution in [3.8, 4) is 0 Å². The van der Waals surface area contributed by atoms with Crippen molar-refractivity contribution in [3.63, 3.8) is 0 Å². The van der Waals surface area contributed by atoms with E-state index in [1.165, 1.54) is 51.9 Å². The zero-order valence-corrected chi connectivity index (χ0v) is 12.3. The van der Waals surface area contributed by atoms with E-state index in [0.717, 1.165) is 29.7 Å². The number of rotatable bonds is 3. The summed E-state index contributed by atoms with van der Waals surface area (Å²) in [5, 5.41) is 3.74. The third-order valence-corrected chi connectivity index (χ3v) is 6.59. The summed E-state index contributed by atoms with van der Waals surface area (Å²) in [4.78, 5) is 2.83. The van der Waals surface area contributed by atoms with Gasteiger partial charge in [-0.1, -0.05) is 6.42 Å². The van der Waals surface area contributed by atoms with Crippen LogP contribution < -0.4 is 5.32 Å². The van der Waals surface area contributed by atoms with Crippen LogP contribution >= 0.6 is 0 Å². The van der Waals surface area contributed by atoms with Crippen molar-refractivity contribution in [2.45, 2.75) is 57.4 Å². The minimum atomic E-state index is 0.850. The van der Waals surface area contributed by atoms with Gasteiger partial charge in [-0.2, -0.15) is 0 Å². The van der Waals surface area contributed by atoms with Gasteiger partial charge in [0, 0.05) is 19.1 Å². The lowest BCUT2D eigenvalue weighted by Gasteiger charge is -2.38. The van der Waals surface area contributed by atoms with Crippen molar-refractivity contribution >= 4 is 0 Å². The quantitative estimate of drug-likeness (QED) is 0.841. The summed E-state index contributed by atoms with van der Waals surface area (Å²) >= 11 is 0. The number of likely N-dealkylation sites (tertiary alicyclic amines) is 1. The van der Waals surface area contributed by atoms with E-state index in [0.29, 0.717) is 0 Å². The van der Waals surface area contributed by atoms with E-state index in [2.05, 4.69) is 10.2 Å². The van der Waals surface area contributed by atoms with Crippen LogP contribution in [0, 0.1) is 23.7 Å². The van der Waals surface area contributed by atoms with E-state index >= 15 is 0 Å². The number of hydrogen-bond donors (Lipinski definition) is 1. The third-order valence-electron chi connectivity index (χ3n) is 6.59. The number of fused-ring (bicyclic) bond motifs is 2. The molecular formula is C17H30N2. The van der Waals surface area contributed by atoms with Crippen molar-refractivity contribution in [1.82, 2.24) is 10.2 Å². The fourth-order valence-corrected chi connectivity index (χ4v) is 5.63. The summed E-state index contributed by atoms with van der Waals surface area (Å²) in [6.45, 7) is 5.49. The highest BCUT2D eigenvalue weighted by Crippen LogP contribution is 2.48. The van der Waals surface area contributed by atoms with Gasteiger partial charge in [0.2, 0.25) is 0 Å². The third kappa shape index (κ3) is 2.58. The standard InChI is InChI=1S/C17H30N2/c1-4-17(18-7-1)15-3-2-8-19(11-15)12-16-10-13-5-6-14(16)9-13/h13-18H,1-12H2. The van der Waals surface area contributed by atoms with Crippen molar-refractivity contribution in [2.24, 2.45) is 23.7 Å². The van der Waals surface area contributed by atoms with Crippen LogP contribution in [0.1, 0.15) is 51.4 Å². The molecule has 2 heterocycles. The number of nitrogens with one attached hydrogen (secondary N) is 1. The average molecular weight is 262 g/mol. The predicted molar refractivity (Wildman–Crippen MR) is 79.1 cm³/mol. The Morgan fingerprint density at radius 3 is 2.68 bits per heavy atom. The van der Waals surface area contributed by atoms with Crippen LogP contribution in [0.4, 0.5) is 0 Å². The molecule has 0 radical (unpaired) electrons. The zero-order chi connectivity index (χ0) is 12.7. The molecule has 2 aliphatic carbocycles. The number of piperidine rings is 1. The lowest BCUT2D eigenvalue weighted by Crippen LogP contribution is -2.45. The fraction of sp³-hybridized carbons (Fsp3) is 1.00. The van der Waals surface area contributed by atoms with Gasteiger partial charge in [0.25, 0.3) is 0 Å². The molecule has 2 bridgehead atoms. The van der Waals surface area contributed by atoms with E-state index in [9.17, 15) is 0 Å². The molecule has 4 rings (SSSR count). The first-order chi connectivity index (χ1) is 9.38. The minimum Gasteiger partial charge on any atom is -0.314 e. The Bertz CT molecular complexity index is 310. The van der Waals surface area contributed by atoms with E-state index in [-0.39, 0.29) is 0 Å². The minimum absolute atomic E-state index is 0.850. The highest BCUT2D eigenvalue weighted by molar-refractivity contribution is 4.93. The molecule has 2 saturated heterocycles. The lowest BCUT2D eigenvalue weighted by molar-refractivity contribution is 0.117. The predicted octanol–water partition coefficient (Wildman–Crippen LogP) is 2.89. The van der Waals surface area contributed by atoms with Crippen molar-refractivity contribution in [3.05, 3.63) is 0 Å². The molecule has 108 valence electrons. The fourth-order valence-electron chi connectivity index (χ4n) is 5.63. The maximum atomic E-state index is 3.74. The second-order valence-electron chi connectivity index (χ2n) is 7.80. The van der Waals surface area contributed by atoms with Crippen molar-refractivity contribution < 1.29 is 0 Å². The summed E-state index contributed by atoms with van der Waals surface area (Å²) in [5.41, 5.74) is 0. The summed E-state index contributed by atoms with van der Waals surface area (Å²) in [6.07, 6.45) is 12.0. The van der Waals surface area contributed by atoms with Gasteiger partial charge >= 0.3 is 0 Å². The molecule has 2 nitrogen and oxygen atoms in total. The van der Waals surface area contributed by atoms with Crippen LogP contribution in [0.2, 0.25) is 0 Å². The molecule has 0 aromatic carbocycles. The van der Waals surface area contributed by atoms with E-state index in [4.69, 9.17) is 0 Å². The highest BCUT2D eigenvalue weighted by Gasteiger charge is 2.40. The van der Waals surface area contributed by atoms with E-state index in [1.807, 2.05) is 0 Å². The van der Waals surface area contributed by atoms with E-state index < -0.39 is 0 Å². The van der Waals surface area contributed by atoms with Crippen LogP contribution in [0.25, 0.3) is 0 Å². The van der Waals surface area contributed by atoms with Crippen LogP contribution in [-0.4, -0.2) is 37.1 Å². The number of hydrogen-bond acceptors (Lipinski definition) is 2. The van der Waals surface area contributed by atoms with Gasteiger partial charge in [-0.25, -0.2) is 0 Å². The molecule has 4 fully saturated rings. The summed E-state index contributed by atoms with van der Waals surface area (Å²) < 4.78 is 0. The molecule has 2 saturated carbocycles. The molecule has 0 aromatic heterocycles. The molecule has 19 heavy (non-hydrogen) atoms. The average Bonchev–Trinajstić information content (AvgIpc) is 3.17. The smallest absolute Gasteiger partial charge is 0.0108 e. The molecule has 2 aliphatic heterocycles. The van der Waals surface area contributed by atoms with Crippen LogP contribution in [0.5, 0.6) is 0 Å². The molecule has 5 atom stereocenters. The molecule has 5 unspecified atom stereocenters. The summed E-state index contributed by atoms with van der Waals surface area (Å²) in [7, 11) is 0. The maximum absolute atomic E-state index is 3.74. The first-order valence-corrected chi connectivity index (χ1v) is 8.84. The second-order valence-corrected chi connectivity index (χ2v) is 7.80. The van der Waals surface area contributed by atoms with Gasteiger partial charge in [-0.05, 0) is 81.7 Å². The molecule has 2 heteroatoms. The first-order valence-electron chi connectivity index (χ1n) is 8.84. The van der Waals surface area contributed by atoms with Gasteiger partial charge < -0.3 is 10.2 Å². The van der Waals surface area contributed by atoms with Crippen LogP contribution in [0.15, 0.2) is 0 Å². The first kappa shape index (κ1) is 12.6. The topological polar surface area (TPSA) is 15.3 Å². The van der Waals surface area contributed by atoms with Crippen LogP contribution in [0.3, 0.4) is 0 Å². The molecule has 1 N–H and O–H groups in total. The van der Waals surface area contributed by atoms with Gasteiger partial charge in [-0.3, -0.25) is 0 Å². The molecule has 0 spiro atoms. The maximum Gasteiger partial charge on any atom is 0.0108 e. The van der Waals surface area contributed by atoms with Gasteiger partial charge in [-0.15, -0.1) is 0 Å². The molecule has 0 amide bonds. The molecule has 0 aromatic rings. The second kappa shape index (κ2) is 5.37.